The number of rotatable bonds is 1. The van der Waals surface area contributed by atoms with Crippen molar-refractivity contribution in [3.63, 3.8) is 0 Å². The van der Waals surface area contributed by atoms with E-state index in [9.17, 15) is 10.1 Å². The number of nitrogens with zero attached hydrogens (tertiary/aromatic N) is 3. The van der Waals surface area contributed by atoms with Crippen molar-refractivity contribution in [2.24, 2.45) is 0 Å². The second-order valence-electron chi connectivity index (χ2n) is 4.51. The Morgan fingerprint density at radius 3 is 2.74 bits per heavy atom. The van der Waals surface area contributed by atoms with Crippen LogP contribution in [0.5, 0.6) is 0 Å². The third-order valence-electron chi connectivity index (χ3n) is 3.25. The summed E-state index contributed by atoms with van der Waals surface area (Å²) in [5, 5.41) is 9.34. The largest absolute Gasteiger partial charge is 0.327 e. The highest BCUT2D eigenvalue weighted by atomic mass is 16.1. The van der Waals surface area contributed by atoms with Gasteiger partial charge < -0.3 is 4.57 Å². The number of hydrogen-bond acceptors (Lipinski definition) is 3. The number of aromatic nitrogens is 2. The summed E-state index contributed by atoms with van der Waals surface area (Å²) < 4.78 is 1.86. The molecule has 0 bridgehead atoms. The van der Waals surface area contributed by atoms with Gasteiger partial charge in [0.2, 0.25) is 0 Å². The maximum Gasteiger partial charge on any atom is 0.276 e. The molecule has 0 saturated carbocycles. The number of hydrogen-bond donors (Lipinski definition) is 0. The molecular weight excluding hydrogens is 238 g/mol. The van der Waals surface area contributed by atoms with Gasteiger partial charge in [0.05, 0.1) is 6.54 Å². The van der Waals surface area contributed by atoms with Crippen LogP contribution in [0.3, 0.4) is 0 Å². The third-order valence-corrected chi connectivity index (χ3v) is 3.25. The molecule has 1 aliphatic heterocycles. The molecule has 1 aromatic carbocycles. The number of nitriles is 1. The van der Waals surface area contributed by atoms with Gasteiger partial charge in [0.25, 0.3) is 5.56 Å². The Morgan fingerprint density at radius 2 is 2.05 bits per heavy atom. The molecule has 0 unspecified atom stereocenters. The Morgan fingerprint density at radius 1 is 1.32 bits per heavy atom. The van der Waals surface area contributed by atoms with Gasteiger partial charge in [-0.1, -0.05) is 30.3 Å². The predicted molar refractivity (Wildman–Crippen MR) is 72.1 cm³/mol. The van der Waals surface area contributed by atoms with Gasteiger partial charge in [0, 0.05) is 17.3 Å². The van der Waals surface area contributed by atoms with Gasteiger partial charge in [-0.3, -0.25) is 4.79 Å². The van der Waals surface area contributed by atoms with Gasteiger partial charge >= 0.3 is 0 Å². The molecule has 2 aromatic rings. The molecule has 1 aromatic heterocycles. The summed E-state index contributed by atoms with van der Waals surface area (Å²) in [6.07, 6.45) is 1.76. The van der Waals surface area contributed by atoms with Crippen LogP contribution < -0.4 is 5.56 Å². The van der Waals surface area contributed by atoms with Gasteiger partial charge in [0.15, 0.2) is 5.82 Å². The van der Waals surface area contributed by atoms with Crippen LogP contribution in [0.2, 0.25) is 0 Å². The van der Waals surface area contributed by atoms with Crippen molar-refractivity contribution in [1.82, 2.24) is 9.55 Å². The van der Waals surface area contributed by atoms with Crippen molar-refractivity contribution in [3.8, 4) is 6.07 Å². The minimum Gasteiger partial charge on any atom is -0.327 e. The Kier molecular flexibility index (Phi) is 2.53. The standard InChI is InChI=1S/C15H11N3O/c1-10-8-18-9-13(11-5-3-2-4-6-11)12(7-16)14(18)17-15(10)19/h2-6,8H,9H2,1H3. The molecular formula is C15H11N3O. The molecule has 0 amide bonds. The minimum atomic E-state index is -0.270. The topological polar surface area (TPSA) is 58.7 Å². The van der Waals surface area contributed by atoms with E-state index in [-0.39, 0.29) is 5.56 Å². The van der Waals surface area contributed by atoms with Crippen LogP contribution in [0, 0.1) is 18.3 Å². The maximum absolute atomic E-state index is 11.6. The van der Waals surface area contributed by atoms with Gasteiger partial charge in [-0.15, -0.1) is 0 Å². The van der Waals surface area contributed by atoms with Crippen molar-refractivity contribution >= 4 is 11.1 Å². The fourth-order valence-corrected chi connectivity index (χ4v) is 2.30. The number of allylic oxidation sites excluding steroid dienone is 2. The average Bonchev–Trinajstić information content (AvgIpc) is 2.78. The van der Waals surface area contributed by atoms with Crippen molar-refractivity contribution < 1.29 is 0 Å². The first-order chi connectivity index (χ1) is 9.20. The fraction of sp³-hybridized carbons (Fsp3) is 0.133. The zero-order valence-corrected chi connectivity index (χ0v) is 10.4. The van der Waals surface area contributed by atoms with Crippen LogP contribution >= 0.6 is 0 Å². The van der Waals surface area contributed by atoms with Gasteiger partial charge in [-0.25, -0.2) is 0 Å². The number of benzene rings is 1. The maximum atomic E-state index is 11.6. The molecule has 0 radical (unpaired) electrons. The fourth-order valence-electron chi connectivity index (χ4n) is 2.30. The summed E-state index contributed by atoms with van der Waals surface area (Å²) in [7, 11) is 0. The van der Waals surface area contributed by atoms with Crippen molar-refractivity contribution in [3.05, 3.63) is 63.8 Å². The van der Waals surface area contributed by atoms with Gasteiger partial charge in [0.1, 0.15) is 11.6 Å². The van der Waals surface area contributed by atoms with Gasteiger partial charge in [-0.05, 0) is 12.5 Å². The van der Waals surface area contributed by atoms with E-state index >= 15 is 0 Å². The van der Waals surface area contributed by atoms with E-state index in [1.54, 1.807) is 13.1 Å². The predicted octanol–water partition coefficient (Wildman–Crippen LogP) is 2.00. The monoisotopic (exact) mass is 249 g/mol. The van der Waals surface area contributed by atoms with E-state index in [1.165, 1.54) is 0 Å². The van der Waals surface area contributed by atoms with Crippen LogP contribution in [-0.4, -0.2) is 9.55 Å². The SMILES string of the molecule is Cc1cn2c(nc1=O)C(C#N)=C(c1ccccc1)C2. The first-order valence-corrected chi connectivity index (χ1v) is 5.98. The van der Waals surface area contributed by atoms with E-state index in [0.717, 1.165) is 11.1 Å². The summed E-state index contributed by atoms with van der Waals surface area (Å²) >= 11 is 0. The smallest absolute Gasteiger partial charge is 0.276 e. The molecule has 0 saturated heterocycles. The second kappa shape index (κ2) is 4.21. The summed E-state index contributed by atoms with van der Waals surface area (Å²) in [5.74, 6) is 0.469. The molecule has 92 valence electrons. The molecule has 2 heterocycles. The zero-order chi connectivity index (χ0) is 13.4. The molecule has 1 aliphatic rings. The molecule has 4 nitrogen and oxygen atoms in total. The molecule has 4 heteroatoms. The van der Waals surface area contributed by atoms with Crippen molar-refractivity contribution in [2.45, 2.75) is 13.5 Å². The Labute approximate surface area is 110 Å². The lowest BCUT2D eigenvalue weighted by Crippen LogP contribution is -2.16. The van der Waals surface area contributed by atoms with E-state index in [4.69, 9.17) is 0 Å². The second-order valence-corrected chi connectivity index (χ2v) is 4.51. The normalized spacial score (nSPS) is 13.3. The first-order valence-electron chi connectivity index (χ1n) is 5.98. The lowest BCUT2D eigenvalue weighted by atomic mass is 10.0. The van der Waals surface area contributed by atoms with Crippen molar-refractivity contribution in [1.29, 1.82) is 5.26 Å². The summed E-state index contributed by atoms with van der Waals surface area (Å²) in [5.41, 5.74) is 2.72. The third kappa shape index (κ3) is 1.76. The Hall–Kier alpha value is -2.67. The minimum absolute atomic E-state index is 0.270. The highest BCUT2D eigenvalue weighted by Crippen LogP contribution is 2.31. The average molecular weight is 249 g/mol. The lowest BCUT2D eigenvalue weighted by Gasteiger charge is -2.04. The van der Waals surface area contributed by atoms with Crippen LogP contribution in [0.15, 0.2) is 41.3 Å². The van der Waals surface area contributed by atoms with Gasteiger partial charge in [-0.2, -0.15) is 10.2 Å². The summed E-state index contributed by atoms with van der Waals surface area (Å²) in [6, 6.07) is 11.9. The van der Waals surface area contributed by atoms with E-state index in [0.29, 0.717) is 23.5 Å². The van der Waals surface area contributed by atoms with Crippen molar-refractivity contribution in [2.75, 3.05) is 0 Å². The Bertz CT molecular complexity index is 779. The lowest BCUT2D eigenvalue weighted by molar-refractivity contribution is 0.789. The number of aryl methyl sites for hydroxylation is 1. The summed E-state index contributed by atoms with van der Waals surface area (Å²) in [4.78, 5) is 15.6. The highest BCUT2D eigenvalue weighted by molar-refractivity contribution is 5.97. The Balaban J connectivity index is 2.22. The molecule has 3 rings (SSSR count). The molecule has 0 spiro atoms. The van der Waals surface area contributed by atoms with Crippen LogP contribution in [0.4, 0.5) is 0 Å². The molecule has 0 N–H and O–H groups in total. The molecule has 0 atom stereocenters. The summed E-state index contributed by atoms with van der Waals surface area (Å²) in [6.45, 7) is 2.31. The van der Waals surface area contributed by atoms with Crippen LogP contribution in [-0.2, 0) is 6.54 Å². The highest BCUT2D eigenvalue weighted by Gasteiger charge is 2.23. The van der Waals surface area contributed by atoms with E-state index in [2.05, 4.69) is 11.1 Å². The van der Waals surface area contributed by atoms with E-state index < -0.39 is 0 Å². The molecule has 0 aliphatic carbocycles. The van der Waals surface area contributed by atoms with Crippen LogP contribution in [0.25, 0.3) is 11.1 Å². The zero-order valence-electron chi connectivity index (χ0n) is 10.4. The molecule has 0 fully saturated rings. The first kappa shape index (κ1) is 11.4. The van der Waals surface area contributed by atoms with Crippen LogP contribution in [0.1, 0.15) is 17.0 Å². The quantitative estimate of drug-likeness (QED) is 0.776. The van der Waals surface area contributed by atoms with E-state index in [1.807, 2.05) is 34.9 Å². The molecule has 19 heavy (non-hydrogen) atoms. The number of fused-ring (bicyclic) bond motifs is 1.